The number of nitrogens with zero attached hydrogens (tertiary/aromatic N) is 2. The van der Waals surface area contributed by atoms with Gasteiger partial charge in [0, 0.05) is 17.8 Å². The van der Waals surface area contributed by atoms with E-state index in [1.165, 1.54) is 12.8 Å². The van der Waals surface area contributed by atoms with E-state index in [-0.39, 0.29) is 0 Å². The van der Waals surface area contributed by atoms with Crippen molar-refractivity contribution in [1.82, 2.24) is 20.3 Å². The van der Waals surface area contributed by atoms with Crippen molar-refractivity contribution in [3.8, 4) is 10.8 Å². The number of imidazole rings is 1. The average molecular weight is 220 g/mol. The third-order valence-electron chi connectivity index (χ3n) is 2.64. The van der Waals surface area contributed by atoms with Gasteiger partial charge in [0.25, 0.3) is 0 Å². The molecule has 0 aliphatic carbocycles. The molecule has 3 rings (SSSR count). The fourth-order valence-electron chi connectivity index (χ4n) is 1.87. The molecule has 1 unspecified atom stereocenters. The molecule has 1 saturated heterocycles. The predicted molar refractivity (Wildman–Crippen MR) is 59.7 cm³/mol. The fraction of sp³-hybridized carbons (Fsp3) is 0.400. The van der Waals surface area contributed by atoms with Crippen molar-refractivity contribution >= 4 is 11.3 Å². The van der Waals surface area contributed by atoms with E-state index in [1.54, 1.807) is 17.5 Å². The third kappa shape index (κ3) is 1.68. The van der Waals surface area contributed by atoms with Crippen LogP contribution in [0.25, 0.3) is 10.8 Å². The lowest BCUT2D eigenvalue weighted by atomic mass is 10.2. The van der Waals surface area contributed by atoms with Gasteiger partial charge >= 0.3 is 0 Å². The summed E-state index contributed by atoms with van der Waals surface area (Å²) in [7, 11) is 0. The Morgan fingerprint density at radius 3 is 3.20 bits per heavy atom. The van der Waals surface area contributed by atoms with Crippen molar-refractivity contribution in [3.05, 3.63) is 23.5 Å². The predicted octanol–water partition coefficient (Wildman–Crippen LogP) is 1.96. The summed E-state index contributed by atoms with van der Waals surface area (Å²) >= 11 is 1.65. The van der Waals surface area contributed by atoms with Crippen LogP contribution < -0.4 is 5.32 Å². The molecule has 2 aromatic heterocycles. The molecule has 0 radical (unpaired) electrons. The normalized spacial score (nSPS) is 20.9. The summed E-state index contributed by atoms with van der Waals surface area (Å²) in [5.74, 6) is 0.865. The van der Waals surface area contributed by atoms with Gasteiger partial charge in [0.15, 0.2) is 10.8 Å². The van der Waals surface area contributed by atoms with Crippen LogP contribution in [-0.2, 0) is 0 Å². The van der Waals surface area contributed by atoms with E-state index in [2.05, 4.69) is 25.6 Å². The Morgan fingerprint density at radius 2 is 2.47 bits per heavy atom. The van der Waals surface area contributed by atoms with Gasteiger partial charge in [0.05, 0.1) is 11.7 Å². The van der Waals surface area contributed by atoms with E-state index in [9.17, 15) is 0 Å². The molecule has 1 atom stereocenters. The van der Waals surface area contributed by atoms with Crippen LogP contribution in [0.15, 0.2) is 17.8 Å². The van der Waals surface area contributed by atoms with Gasteiger partial charge in [-0.2, -0.15) is 0 Å². The quantitative estimate of drug-likeness (QED) is 0.813. The van der Waals surface area contributed by atoms with Gasteiger partial charge < -0.3 is 10.3 Å². The molecule has 0 amide bonds. The molecule has 4 nitrogen and oxygen atoms in total. The zero-order valence-electron chi connectivity index (χ0n) is 8.23. The largest absolute Gasteiger partial charge is 0.343 e. The fourth-order valence-corrected chi connectivity index (χ4v) is 2.70. The van der Waals surface area contributed by atoms with Crippen LogP contribution in [0.1, 0.15) is 24.6 Å². The molecule has 1 aliphatic heterocycles. The number of hydrogen-bond acceptors (Lipinski definition) is 4. The molecule has 0 bridgehead atoms. The topological polar surface area (TPSA) is 53.6 Å². The highest BCUT2D eigenvalue weighted by Gasteiger charge is 2.19. The van der Waals surface area contributed by atoms with Crippen LogP contribution in [0.5, 0.6) is 0 Å². The highest BCUT2D eigenvalue weighted by molar-refractivity contribution is 7.13. The first-order valence-corrected chi connectivity index (χ1v) is 6.00. The van der Waals surface area contributed by atoms with Crippen molar-refractivity contribution in [2.45, 2.75) is 18.9 Å². The number of rotatable bonds is 2. The summed E-state index contributed by atoms with van der Waals surface area (Å²) < 4.78 is 0. The first-order chi connectivity index (χ1) is 7.43. The number of H-pyrrole nitrogens is 1. The summed E-state index contributed by atoms with van der Waals surface area (Å²) in [5, 5.41) is 6.55. The third-order valence-corrected chi connectivity index (χ3v) is 3.51. The molecular formula is C10H12N4S. The van der Waals surface area contributed by atoms with E-state index in [0.717, 1.165) is 23.1 Å². The lowest BCUT2D eigenvalue weighted by molar-refractivity contribution is 0.632. The van der Waals surface area contributed by atoms with Crippen LogP contribution in [0.2, 0.25) is 0 Å². The Bertz CT molecular complexity index is 428. The van der Waals surface area contributed by atoms with E-state index in [0.29, 0.717) is 6.04 Å². The summed E-state index contributed by atoms with van der Waals surface area (Å²) in [4.78, 5) is 11.9. The van der Waals surface area contributed by atoms with Gasteiger partial charge in [-0.05, 0) is 19.4 Å². The van der Waals surface area contributed by atoms with Crippen LogP contribution in [0.3, 0.4) is 0 Å². The zero-order chi connectivity index (χ0) is 10.1. The van der Waals surface area contributed by atoms with E-state index in [4.69, 9.17) is 0 Å². The van der Waals surface area contributed by atoms with Crippen LogP contribution in [0.4, 0.5) is 0 Å². The lowest BCUT2D eigenvalue weighted by Gasteiger charge is -2.04. The molecule has 78 valence electrons. The molecule has 0 saturated carbocycles. The molecule has 1 aliphatic rings. The molecule has 1 fully saturated rings. The SMILES string of the molecule is c1c[nH]c(-c2nc(C3CCCN3)cs2)n1. The van der Waals surface area contributed by atoms with Crippen molar-refractivity contribution in [2.75, 3.05) is 6.54 Å². The lowest BCUT2D eigenvalue weighted by Crippen LogP contribution is -2.12. The monoisotopic (exact) mass is 220 g/mol. The van der Waals surface area contributed by atoms with Gasteiger partial charge in [0.2, 0.25) is 0 Å². The van der Waals surface area contributed by atoms with Crippen molar-refractivity contribution < 1.29 is 0 Å². The van der Waals surface area contributed by atoms with Gasteiger partial charge in [0.1, 0.15) is 0 Å². The number of hydrogen-bond donors (Lipinski definition) is 2. The highest BCUT2D eigenvalue weighted by atomic mass is 32.1. The highest BCUT2D eigenvalue weighted by Crippen LogP contribution is 2.27. The Hall–Kier alpha value is -1.20. The molecule has 5 heteroatoms. The zero-order valence-corrected chi connectivity index (χ0v) is 9.05. The van der Waals surface area contributed by atoms with Gasteiger partial charge in [-0.15, -0.1) is 11.3 Å². The standard InChI is InChI=1S/C10H12N4S/c1-2-7(11-3-1)8-6-15-10(14-8)9-12-4-5-13-9/h4-7,11H,1-3H2,(H,12,13). The second-order valence-electron chi connectivity index (χ2n) is 3.66. The van der Waals surface area contributed by atoms with Gasteiger partial charge in [-0.25, -0.2) is 9.97 Å². The maximum absolute atomic E-state index is 4.60. The minimum absolute atomic E-state index is 0.449. The molecule has 0 aromatic carbocycles. The van der Waals surface area contributed by atoms with E-state index < -0.39 is 0 Å². The van der Waals surface area contributed by atoms with E-state index in [1.807, 2.05) is 6.20 Å². The first-order valence-electron chi connectivity index (χ1n) is 5.12. The summed E-state index contributed by atoms with van der Waals surface area (Å²) in [6, 6.07) is 0.449. The van der Waals surface area contributed by atoms with Gasteiger partial charge in [-0.1, -0.05) is 0 Å². The molecular weight excluding hydrogens is 208 g/mol. The summed E-state index contributed by atoms with van der Waals surface area (Å²) in [5.41, 5.74) is 1.16. The van der Waals surface area contributed by atoms with Crippen LogP contribution in [-0.4, -0.2) is 21.5 Å². The number of aromatic amines is 1. The Balaban J connectivity index is 1.87. The minimum Gasteiger partial charge on any atom is -0.343 e. The molecule has 0 spiro atoms. The smallest absolute Gasteiger partial charge is 0.166 e. The maximum atomic E-state index is 4.60. The number of aromatic nitrogens is 3. The van der Waals surface area contributed by atoms with Gasteiger partial charge in [-0.3, -0.25) is 0 Å². The van der Waals surface area contributed by atoms with Crippen molar-refractivity contribution in [3.63, 3.8) is 0 Å². The van der Waals surface area contributed by atoms with Crippen molar-refractivity contribution in [2.24, 2.45) is 0 Å². The molecule has 2 N–H and O–H groups in total. The summed E-state index contributed by atoms with van der Waals surface area (Å²) in [6.45, 7) is 1.11. The number of thiazole rings is 1. The molecule has 3 heterocycles. The van der Waals surface area contributed by atoms with Crippen LogP contribution >= 0.6 is 11.3 Å². The molecule has 2 aromatic rings. The Kier molecular flexibility index (Phi) is 2.26. The maximum Gasteiger partial charge on any atom is 0.166 e. The second-order valence-corrected chi connectivity index (χ2v) is 4.52. The number of nitrogens with one attached hydrogen (secondary N) is 2. The van der Waals surface area contributed by atoms with E-state index >= 15 is 0 Å². The first kappa shape index (κ1) is 9.06. The van der Waals surface area contributed by atoms with Crippen LogP contribution in [0, 0.1) is 0 Å². The Morgan fingerprint density at radius 1 is 1.47 bits per heavy atom. The van der Waals surface area contributed by atoms with Crippen molar-refractivity contribution in [1.29, 1.82) is 0 Å². The molecule has 15 heavy (non-hydrogen) atoms. The Labute approximate surface area is 91.8 Å². The minimum atomic E-state index is 0.449. The second kappa shape index (κ2) is 3.75. The summed E-state index contributed by atoms with van der Waals surface area (Å²) in [6.07, 6.45) is 6.02. The average Bonchev–Trinajstić information content (AvgIpc) is 3.02.